The van der Waals surface area contributed by atoms with Crippen LogP contribution in [-0.2, 0) is 12.0 Å². The molecule has 1 aliphatic rings. The summed E-state index contributed by atoms with van der Waals surface area (Å²) in [5.41, 5.74) is 1.56. The molecule has 2 N–H and O–H groups in total. The maximum atomic E-state index is 4.41. The van der Waals surface area contributed by atoms with E-state index in [4.69, 9.17) is 0 Å². The summed E-state index contributed by atoms with van der Waals surface area (Å²) >= 11 is 0. The zero-order valence-corrected chi connectivity index (χ0v) is 8.35. The van der Waals surface area contributed by atoms with Crippen molar-refractivity contribution in [2.24, 2.45) is 0 Å². The van der Waals surface area contributed by atoms with Crippen molar-refractivity contribution in [1.29, 1.82) is 0 Å². The van der Waals surface area contributed by atoms with Crippen molar-refractivity contribution < 1.29 is 0 Å². The standard InChI is InChI=1S/C10H17N3/c1-3-11-6-8-7-12-9(13-8)10(2)4-5-10/h7,11H,3-6H2,1-2H3,(H,12,13). The molecule has 1 fully saturated rings. The second-order valence-corrected chi connectivity index (χ2v) is 4.10. The number of nitrogens with one attached hydrogen (secondary N) is 2. The van der Waals surface area contributed by atoms with Gasteiger partial charge in [-0.15, -0.1) is 0 Å². The zero-order valence-electron chi connectivity index (χ0n) is 8.35. The molecule has 0 aliphatic heterocycles. The van der Waals surface area contributed by atoms with Gasteiger partial charge in [0.25, 0.3) is 0 Å². The van der Waals surface area contributed by atoms with Crippen molar-refractivity contribution in [2.75, 3.05) is 6.54 Å². The van der Waals surface area contributed by atoms with E-state index < -0.39 is 0 Å². The Morgan fingerprint density at radius 2 is 2.38 bits per heavy atom. The third-order valence-electron chi connectivity index (χ3n) is 2.77. The number of hydrogen-bond donors (Lipinski definition) is 2. The first kappa shape index (κ1) is 8.75. The van der Waals surface area contributed by atoms with Gasteiger partial charge in [-0.25, -0.2) is 4.98 Å². The molecule has 13 heavy (non-hydrogen) atoms. The average Bonchev–Trinajstić information content (AvgIpc) is 2.69. The molecule has 0 bridgehead atoms. The maximum absolute atomic E-state index is 4.41. The molecule has 72 valence electrons. The lowest BCUT2D eigenvalue weighted by Gasteiger charge is -2.02. The van der Waals surface area contributed by atoms with E-state index in [2.05, 4.69) is 29.1 Å². The van der Waals surface area contributed by atoms with Crippen LogP contribution in [-0.4, -0.2) is 16.5 Å². The van der Waals surface area contributed by atoms with Crippen molar-refractivity contribution in [1.82, 2.24) is 15.3 Å². The topological polar surface area (TPSA) is 40.7 Å². The molecule has 1 aliphatic carbocycles. The van der Waals surface area contributed by atoms with Crippen molar-refractivity contribution in [2.45, 2.75) is 38.6 Å². The number of H-pyrrole nitrogens is 1. The van der Waals surface area contributed by atoms with E-state index in [9.17, 15) is 0 Å². The van der Waals surface area contributed by atoms with Crippen LogP contribution in [0.3, 0.4) is 0 Å². The van der Waals surface area contributed by atoms with Crippen LogP contribution in [0.4, 0.5) is 0 Å². The van der Waals surface area contributed by atoms with Crippen LogP contribution in [0.15, 0.2) is 6.20 Å². The van der Waals surface area contributed by atoms with Crippen molar-refractivity contribution in [3.05, 3.63) is 17.7 Å². The number of aromatic amines is 1. The third kappa shape index (κ3) is 1.75. The van der Waals surface area contributed by atoms with E-state index in [1.54, 1.807) is 0 Å². The first-order valence-electron chi connectivity index (χ1n) is 5.00. The molecule has 0 spiro atoms. The van der Waals surface area contributed by atoms with Gasteiger partial charge in [0.05, 0.1) is 0 Å². The fourth-order valence-corrected chi connectivity index (χ4v) is 1.44. The van der Waals surface area contributed by atoms with E-state index >= 15 is 0 Å². The minimum Gasteiger partial charge on any atom is -0.344 e. The molecule has 2 rings (SSSR count). The molecule has 1 saturated carbocycles. The summed E-state index contributed by atoms with van der Waals surface area (Å²) in [6.07, 6.45) is 4.50. The van der Waals surface area contributed by atoms with Crippen LogP contribution in [0.2, 0.25) is 0 Å². The monoisotopic (exact) mass is 179 g/mol. The zero-order chi connectivity index (χ0) is 9.31. The van der Waals surface area contributed by atoms with Crippen molar-refractivity contribution in [3.63, 3.8) is 0 Å². The maximum Gasteiger partial charge on any atom is 0.112 e. The fraction of sp³-hybridized carbons (Fsp3) is 0.700. The summed E-state index contributed by atoms with van der Waals surface area (Å²) in [4.78, 5) is 7.78. The average molecular weight is 179 g/mol. The van der Waals surface area contributed by atoms with Crippen LogP contribution < -0.4 is 5.32 Å². The molecule has 0 atom stereocenters. The molecule has 0 saturated heterocycles. The van der Waals surface area contributed by atoms with Gasteiger partial charge < -0.3 is 10.3 Å². The normalized spacial score (nSPS) is 18.9. The molecule has 0 radical (unpaired) electrons. The molecular formula is C10H17N3. The van der Waals surface area contributed by atoms with Crippen LogP contribution in [0.25, 0.3) is 0 Å². The Kier molecular flexibility index (Phi) is 2.12. The molecular weight excluding hydrogens is 162 g/mol. The van der Waals surface area contributed by atoms with Crippen molar-refractivity contribution >= 4 is 0 Å². The fourth-order valence-electron chi connectivity index (χ4n) is 1.44. The van der Waals surface area contributed by atoms with Gasteiger partial charge in [-0.05, 0) is 19.4 Å². The van der Waals surface area contributed by atoms with E-state index in [1.807, 2.05) is 6.20 Å². The summed E-state index contributed by atoms with van der Waals surface area (Å²) in [5.74, 6) is 1.17. The Balaban J connectivity index is 2.01. The van der Waals surface area contributed by atoms with Gasteiger partial charge in [-0.2, -0.15) is 0 Å². The highest BCUT2D eigenvalue weighted by Gasteiger charge is 2.41. The van der Waals surface area contributed by atoms with Crippen LogP contribution in [0, 0.1) is 0 Å². The quantitative estimate of drug-likeness (QED) is 0.736. The van der Waals surface area contributed by atoms with Crippen molar-refractivity contribution in [3.8, 4) is 0 Å². The molecule has 1 aromatic rings. The summed E-state index contributed by atoms with van der Waals surface area (Å²) < 4.78 is 0. The molecule has 0 unspecified atom stereocenters. The van der Waals surface area contributed by atoms with Gasteiger partial charge in [0, 0.05) is 23.9 Å². The highest BCUT2D eigenvalue weighted by atomic mass is 15.0. The lowest BCUT2D eigenvalue weighted by molar-refractivity contribution is 0.693. The third-order valence-corrected chi connectivity index (χ3v) is 2.77. The minimum absolute atomic E-state index is 0.366. The Labute approximate surface area is 79.0 Å². The van der Waals surface area contributed by atoms with E-state index in [0.717, 1.165) is 13.1 Å². The predicted molar refractivity (Wildman–Crippen MR) is 52.6 cm³/mol. The Bertz CT molecular complexity index is 286. The number of aromatic nitrogens is 2. The second-order valence-electron chi connectivity index (χ2n) is 4.10. The summed E-state index contributed by atoms with van der Waals surface area (Å²) in [5, 5.41) is 3.28. The number of rotatable bonds is 4. The predicted octanol–water partition coefficient (Wildman–Crippen LogP) is 1.57. The Morgan fingerprint density at radius 1 is 1.62 bits per heavy atom. The molecule has 1 aromatic heterocycles. The highest BCUT2D eigenvalue weighted by Crippen LogP contribution is 2.45. The van der Waals surface area contributed by atoms with E-state index in [-0.39, 0.29) is 0 Å². The smallest absolute Gasteiger partial charge is 0.112 e. The summed E-state index contributed by atoms with van der Waals surface area (Å²) in [6.45, 7) is 6.29. The molecule has 3 nitrogen and oxygen atoms in total. The van der Waals surface area contributed by atoms with Gasteiger partial charge in [-0.1, -0.05) is 13.8 Å². The van der Waals surface area contributed by atoms with Crippen LogP contribution in [0.5, 0.6) is 0 Å². The van der Waals surface area contributed by atoms with Gasteiger partial charge in [0.15, 0.2) is 0 Å². The molecule has 0 amide bonds. The lowest BCUT2D eigenvalue weighted by atomic mass is 10.1. The number of hydrogen-bond acceptors (Lipinski definition) is 2. The van der Waals surface area contributed by atoms with Gasteiger partial charge >= 0.3 is 0 Å². The Morgan fingerprint density at radius 3 is 3.00 bits per heavy atom. The summed E-state index contributed by atoms with van der Waals surface area (Å²) in [6, 6.07) is 0. The van der Waals surface area contributed by atoms with Crippen LogP contribution >= 0.6 is 0 Å². The summed E-state index contributed by atoms with van der Waals surface area (Å²) in [7, 11) is 0. The first-order chi connectivity index (χ1) is 6.24. The first-order valence-corrected chi connectivity index (χ1v) is 5.00. The largest absolute Gasteiger partial charge is 0.344 e. The second kappa shape index (κ2) is 3.14. The van der Waals surface area contributed by atoms with Gasteiger partial charge in [-0.3, -0.25) is 0 Å². The number of nitrogens with zero attached hydrogens (tertiary/aromatic N) is 1. The minimum atomic E-state index is 0.366. The lowest BCUT2D eigenvalue weighted by Crippen LogP contribution is -2.12. The molecule has 3 heteroatoms. The highest BCUT2D eigenvalue weighted by molar-refractivity contribution is 5.18. The number of imidazole rings is 1. The van der Waals surface area contributed by atoms with Crippen LogP contribution in [0.1, 0.15) is 38.2 Å². The van der Waals surface area contributed by atoms with Gasteiger partial charge in [0.2, 0.25) is 0 Å². The van der Waals surface area contributed by atoms with E-state index in [1.165, 1.54) is 24.4 Å². The molecule has 1 heterocycles. The SMILES string of the molecule is CCNCc1cnc(C2(C)CC2)[nH]1. The van der Waals surface area contributed by atoms with Gasteiger partial charge in [0.1, 0.15) is 5.82 Å². The molecule has 0 aromatic carbocycles. The Hall–Kier alpha value is -0.830. The van der Waals surface area contributed by atoms with E-state index in [0.29, 0.717) is 5.41 Å².